The van der Waals surface area contributed by atoms with Gasteiger partial charge in [-0.05, 0) is 49.2 Å². The number of nitrogens with one attached hydrogen (secondary N) is 2. The summed E-state index contributed by atoms with van der Waals surface area (Å²) in [6, 6.07) is 10.5. The molecule has 0 aliphatic heterocycles. The van der Waals surface area contributed by atoms with Crippen molar-refractivity contribution in [1.82, 2.24) is 29.2 Å². The van der Waals surface area contributed by atoms with Crippen molar-refractivity contribution in [2.45, 2.75) is 29.4 Å². The molecule has 1 amide bonds. The molecular weight excluding hydrogens is 571 g/mol. The molecule has 0 radical (unpaired) electrons. The summed E-state index contributed by atoms with van der Waals surface area (Å²) in [5.41, 5.74) is 0.602. The van der Waals surface area contributed by atoms with E-state index in [1.807, 2.05) is 4.72 Å². The van der Waals surface area contributed by atoms with Gasteiger partial charge in [-0.3, -0.25) is 9.36 Å². The van der Waals surface area contributed by atoms with Crippen molar-refractivity contribution in [3.05, 3.63) is 60.2 Å². The molecule has 0 bridgehead atoms. The zero-order valence-corrected chi connectivity index (χ0v) is 22.1. The molecule has 6 rings (SSSR count). The highest BCUT2D eigenvalue weighted by molar-refractivity contribution is 7.92. The summed E-state index contributed by atoms with van der Waals surface area (Å²) < 4.78 is 75.2. The number of carbonyl (C=O) groups is 1. The molecule has 1 aliphatic rings. The van der Waals surface area contributed by atoms with Gasteiger partial charge < -0.3 is 10.1 Å². The molecule has 40 heavy (non-hydrogen) atoms. The summed E-state index contributed by atoms with van der Waals surface area (Å²) in [5.74, 6) is -1.80. The van der Waals surface area contributed by atoms with Crippen LogP contribution in [0.2, 0.25) is 0 Å². The number of sulfonamides is 1. The van der Waals surface area contributed by atoms with E-state index in [1.165, 1.54) is 42.3 Å². The van der Waals surface area contributed by atoms with Gasteiger partial charge >= 0.3 is 6.18 Å². The molecule has 206 valence electrons. The molecule has 5 aromatic rings. The van der Waals surface area contributed by atoms with Crippen molar-refractivity contribution in [3.63, 3.8) is 0 Å². The molecular formula is C24H18F3N7O4S2. The Kier molecular flexibility index (Phi) is 6.10. The van der Waals surface area contributed by atoms with Crippen LogP contribution in [-0.2, 0) is 16.2 Å². The number of aromatic nitrogens is 5. The number of thiazole rings is 1. The van der Waals surface area contributed by atoms with Crippen molar-refractivity contribution >= 4 is 54.5 Å². The number of imidazole rings is 1. The summed E-state index contributed by atoms with van der Waals surface area (Å²) in [7, 11) is -2.85. The first-order valence-corrected chi connectivity index (χ1v) is 14.0. The van der Waals surface area contributed by atoms with E-state index >= 15 is 0 Å². The Bertz CT molecular complexity index is 1900. The zero-order chi connectivity index (χ0) is 28.2. The van der Waals surface area contributed by atoms with E-state index in [0.29, 0.717) is 16.0 Å². The van der Waals surface area contributed by atoms with Crippen LogP contribution in [0.15, 0.2) is 53.1 Å². The Morgan fingerprint density at radius 2 is 1.93 bits per heavy atom. The van der Waals surface area contributed by atoms with Gasteiger partial charge in [0.05, 0.1) is 17.3 Å². The van der Waals surface area contributed by atoms with Crippen molar-refractivity contribution < 1.29 is 31.1 Å². The molecule has 0 saturated heterocycles. The number of ether oxygens (including phenoxy) is 1. The van der Waals surface area contributed by atoms with E-state index in [-0.39, 0.29) is 38.6 Å². The molecule has 1 saturated carbocycles. The first kappa shape index (κ1) is 25.9. The lowest BCUT2D eigenvalue weighted by Crippen LogP contribution is -2.30. The lowest BCUT2D eigenvalue weighted by molar-refractivity contribution is -0.144. The minimum absolute atomic E-state index is 0.00997. The second-order valence-corrected chi connectivity index (χ2v) is 11.8. The summed E-state index contributed by atoms with van der Waals surface area (Å²) in [4.78, 5) is 28.6. The van der Waals surface area contributed by atoms with E-state index in [2.05, 4.69) is 25.3 Å². The van der Waals surface area contributed by atoms with Crippen LogP contribution in [0.3, 0.4) is 0 Å². The molecule has 2 aromatic carbocycles. The van der Waals surface area contributed by atoms with Gasteiger partial charge in [0.15, 0.2) is 17.0 Å². The minimum atomic E-state index is -4.80. The SMILES string of the molecule is COc1ccc2nc(S(=O)(=O)NC(=O)c3cccc(-n4cnc5c(NC6CC6)nc(C(F)(F)F)nc54)c3)sc2c1. The fourth-order valence-corrected chi connectivity index (χ4v) is 6.11. The highest BCUT2D eigenvalue weighted by Gasteiger charge is 2.37. The van der Waals surface area contributed by atoms with Gasteiger partial charge in [-0.15, -0.1) is 11.3 Å². The van der Waals surface area contributed by atoms with E-state index < -0.39 is 27.9 Å². The molecule has 16 heteroatoms. The summed E-state index contributed by atoms with van der Waals surface area (Å²) in [5, 5.41) is 2.95. The van der Waals surface area contributed by atoms with Crippen molar-refractivity contribution in [1.29, 1.82) is 0 Å². The lowest BCUT2D eigenvalue weighted by atomic mass is 10.2. The first-order valence-electron chi connectivity index (χ1n) is 11.7. The molecule has 0 unspecified atom stereocenters. The Morgan fingerprint density at radius 3 is 2.65 bits per heavy atom. The number of rotatable bonds is 7. The molecule has 3 heterocycles. The Balaban J connectivity index is 1.32. The topological polar surface area (TPSA) is 141 Å². The van der Waals surface area contributed by atoms with Crippen LogP contribution in [0.25, 0.3) is 27.1 Å². The van der Waals surface area contributed by atoms with E-state index in [4.69, 9.17) is 4.74 Å². The average molecular weight is 590 g/mol. The third-order valence-corrected chi connectivity index (χ3v) is 8.71. The van der Waals surface area contributed by atoms with E-state index in [0.717, 1.165) is 24.2 Å². The Hall–Kier alpha value is -4.31. The molecule has 2 N–H and O–H groups in total. The molecule has 0 atom stereocenters. The zero-order valence-electron chi connectivity index (χ0n) is 20.4. The number of methoxy groups -OCH3 is 1. The lowest BCUT2D eigenvalue weighted by Gasteiger charge is -2.11. The maximum absolute atomic E-state index is 13.6. The number of nitrogens with zero attached hydrogens (tertiary/aromatic N) is 5. The number of alkyl halides is 3. The van der Waals surface area contributed by atoms with Gasteiger partial charge in [-0.1, -0.05) is 6.07 Å². The van der Waals surface area contributed by atoms with Gasteiger partial charge in [0.25, 0.3) is 15.9 Å². The standard InChI is InChI=1S/C24H18F3N7O4S2/c1-38-15-7-8-16-17(10-15)39-23(30-16)40(36,37)33-21(35)12-3-2-4-14(9-12)34-11-28-18-19(29-13-5-6-13)31-22(24(25,26)27)32-20(18)34/h2-4,7-11,13H,5-6H2,1H3,(H,33,35)(H,29,31,32). The predicted octanol–water partition coefficient (Wildman–Crippen LogP) is 4.15. The van der Waals surface area contributed by atoms with Crippen molar-refractivity contribution in [3.8, 4) is 11.4 Å². The maximum atomic E-state index is 13.6. The van der Waals surface area contributed by atoms with Crippen LogP contribution in [0.5, 0.6) is 5.75 Å². The highest BCUT2D eigenvalue weighted by atomic mass is 32.2. The van der Waals surface area contributed by atoms with Crippen LogP contribution in [0, 0.1) is 0 Å². The normalized spacial score (nSPS) is 14.0. The van der Waals surface area contributed by atoms with E-state index in [9.17, 15) is 26.4 Å². The first-order chi connectivity index (χ1) is 19.0. The second kappa shape index (κ2) is 9.41. The fourth-order valence-electron chi connectivity index (χ4n) is 3.88. The number of amides is 1. The third kappa shape index (κ3) is 4.90. The molecule has 3 aromatic heterocycles. The maximum Gasteiger partial charge on any atom is 0.451 e. The molecule has 0 spiro atoms. The number of anilines is 1. The van der Waals surface area contributed by atoms with E-state index in [1.54, 1.807) is 18.2 Å². The van der Waals surface area contributed by atoms with Crippen molar-refractivity contribution in [2.75, 3.05) is 12.4 Å². The molecule has 11 nitrogen and oxygen atoms in total. The Morgan fingerprint density at radius 1 is 1.12 bits per heavy atom. The van der Waals surface area contributed by atoms with Gasteiger partial charge in [0, 0.05) is 17.3 Å². The summed E-state index contributed by atoms with van der Waals surface area (Å²) >= 11 is 0.868. The number of benzene rings is 2. The molecule has 1 aliphatic carbocycles. The number of hydrogen-bond acceptors (Lipinski definition) is 10. The quantitative estimate of drug-likeness (QED) is 0.286. The molecule has 1 fully saturated rings. The van der Waals surface area contributed by atoms with Crippen LogP contribution in [0.1, 0.15) is 29.0 Å². The van der Waals surface area contributed by atoms with Gasteiger partial charge in [-0.25, -0.2) is 24.7 Å². The minimum Gasteiger partial charge on any atom is -0.497 e. The monoisotopic (exact) mass is 589 g/mol. The van der Waals surface area contributed by atoms with Crippen molar-refractivity contribution in [2.24, 2.45) is 0 Å². The predicted molar refractivity (Wildman–Crippen MR) is 139 cm³/mol. The van der Waals surface area contributed by atoms with Gasteiger partial charge in [0.1, 0.15) is 12.1 Å². The number of halogens is 3. The fraction of sp³-hybridized carbons (Fsp3) is 0.208. The van der Waals surface area contributed by atoms with Crippen LogP contribution in [-0.4, -0.2) is 52.0 Å². The van der Waals surface area contributed by atoms with Gasteiger partial charge in [-0.2, -0.15) is 21.6 Å². The average Bonchev–Trinajstić information content (AvgIpc) is 3.44. The third-order valence-electron chi connectivity index (χ3n) is 5.99. The summed E-state index contributed by atoms with van der Waals surface area (Å²) in [6.45, 7) is 0. The largest absolute Gasteiger partial charge is 0.497 e. The smallest absolute Gasteiger partial charge is 0.451 e. The van der Waals surface area contributed by atoms with Crippen LogP contribution < -0.4 is 14.8 Å². The highest BCUT2D eigenvalue weighted by Crippen LogP contribution is 2.33. The van der Waals surface area contributed by atoms with Crippen LogP contribution >= 0.6 is 11.3 Å². The number of carbonyl (C=O) groups excluding carboxylic acids is 1. The number of fused-ring (bicyclic) bond motifs is 2. The van der Waals surface area contributed by atoms with Gasteiger partial charge in [0.2, 0.25) is 10.2 Å². The summed E-state index contributed by atoms with van der Waals surface area (Å²) in [6.07, 6.45) is -1.93. The van der Waals surface area contributed by atoms with Crippen LogP contribution in [0.4, 0.5) is 19.0 Å². The Labute approximate surface area is 228 Å². The second-order valence-electron chi connectivity index (χ2n) is 8.90. The number of hydrogen-bond donors (Lipinski definition) is 2.